The van der Waals surface area contributed by atoms with Crippen LogP contribution < -0.4 is 15.8 Å². The van der Waals surface area contributed by atoms with E-state index < -0.39 is 0 Å². The Kier molecular flexibility index (Phi) is 6.19. The summed E-state index contributed by atoms with van der Waals surface area (Å²) in [6.07, 6.45) is 0. The first kappa shape index (κ1) is 19.5. The molecule has 0 saturated carbocycles. The van der Waals surface area contributed by atoms with Crippen molar-refractivity contribution in [3.63, 3.8) is 0 Å². The van der Waals surface area contributed by atoms with E-state index in [9.17, 15) is 4.79 Å². The molecule has 0 radical (unpaired) electrons. The van der Waals surface area contributed by atoms with Crippen LogP contribution in [0, 0.1) is 23.2 Å². The SMILES string of the molecule is CC(C)NC(=O)N1CC2CN(C[C@H](N)COc3ccc(C#N)cc3)CC2C1. The predicted octanol–water partition coefficient (Wildman–Crippen LogP) is 1.25. The van der Waals surface area contributed by atoms with Gasteiger partial charge in [-0.15, -0.1) is 0 Å². The maximum Gasteiger partial charge on any atom is 0.317 e. The lowest BCUT2D eigenvalue weighted by Gasteiger charge is -2.24. The van der Waals surface area contributed by atoms with Gasteiger partial charge in [0.05, 0.1) is 17.7 Å². The van der Waals surface area contributed by atoms with Crippen molar-refractivity contribution >= 4 is 6.03 Å². The molecule has 2 amide bonds. The molecular weight excluding hydrogens is 342 g/mol. The molecule has 7 nitrogen and oxygen atoms in total. The molecule has 7 heteroatoms. The van der Waals surface area contributed by atoms with Crippen LogP contribution in [0.2, 0.25) is 0 Å². The zero-order chi connectivity index (χ0) is 19.4. The number of carbonyl (C=O) groups is 1. The molecule has 1 aromatic rings. The number of nitrogens with one attached hydrogen (secondary N) is 1. The van der Waals surface area contributed by atoms with Crippen LogP contribution in [0.5, 0.6) is 5.75 Å². The summed E-state index contributed by atoms with van der Waals surface area (Å²) in [5.41, 5.74) is 6.86. The molecule has 146 valence electrons. The molecule has 2 fully saturated rings. The van der Waals surface area contributed by atoms with Crippen LogP contribution >= 0.6 is 0 Å². The van der Waals surface area contributed by atoms with Gasteiger partial charge in [-0.1, -0.05) is 0 Å². The van der Waals surface area contributed by atoms with Gasteiger partial charge in [0.15, 0.2) is 0 Å². The summed E-state index contributed by atoms with van der Waals surface area (Å²) in [7, 11) is 0. The molecule has 0 aromatic heterocycles. The maximum absolute atomic E-state index is 12.2. The van der Waals surface area contributed by atoms with Crippen LogP contribution in [-0.4, -0.2) is 67.2 Å². The van der Waals surface area contributed by atoms with Crippen LogP contribution in [0.1, 0.15) is 19.4 Å². The number of nitrogens with two attached hydrogens (primary N) is 1. The van der Waals surface area contributed by atoms with Crippen molar-refractivity contribution in [1.82, 2.24) is 15.1 Å². The third-order valence-electron chi connectivity index (χ3n) is 5.20. The molecule has 0 bridgehead atoms. The maximum atomic E-state index is 12.2. The van der Waals surface area contributed by atoms with Gasteiger partial charge in [0.25, 0.3) is 0 Å². The van der Waals surface area contributed by atoms with E-state index in [0.717, 1.165) is 38.5 Å². The number of urea groups is 1. The molecule has 0 aliphatic carbocycles. The highest BCUT2D eigenvalue weighted by atomic mass is 16.5. The Hall–Kier alpha value is -2.30. The van der Waals surface area contributed by atoms with E-state index in [4.69, 9.17) is 15.7 Å². The normalized spacial score (nSPS) is 23.1. The molecule has 2 heterocycles. The zero-order valence-corrected chi connectivity index (χ0v) is 16.1. The minimum atomic E-state index is -0.0696. The van der Waals surface area contributed by atoms with Crippen molar-refractivity contribution in [2.24, 2.45) is 17.6 Å². The third-order valence-corrected chi connectivity index (χ3v) is 5.20. The number of amides is 2. The van der Waals surface area contributed by atoms with Crippen molar-refractivity contribution in [2.45, 2.75) is 25.9 Å². The van der Waals surface area contributed by atoms with E-state index >= 15 is 0 Å². The monoisotopic (exact) mass is 371 g/mol. The first-order valence-corrected chi connectivity index (χ1v) is 9.61. The van der Waals surface area contributed by atoms with Crippen LogP contribution in [0.15, 0.2) is 24.3 Å². The van der Waals surface area contributed by atoms with Gasteiger partial charge in [0, 0.05) is 38.8 Å². The highest BCUT2D eigenvalue weighted by molar-refractivity contribution is 5.74. The van der Waals surface area contributed by atoms with Crippen molar-refractivity contribution < 1.29 is 9.53 Å². The fourth-order valence-electron chi connectivity index (χ4n) is 3.96. The lowest BCUT2D eigenvalue weighted by molar-refractivity contribution is 0.192. The van der Waals surface area contributed by atoms with E-state index in [0.29, 0.717) is 24.0 Å². The Morgan fingerprint density at radius 2 is 1.89 bits per heavy atom. The van der Waals surface area contributed by atoms with E-state index in [2.05, 4.69) is 16.3 Å². The summed E-state index contributed by atoms with van der Waals surface area (Å²) in [4.78, 5) is 16.5. The molecule has 0 spiro atoms. The molecule has 3 atom stereocenters. The standard InChI is InChI=1S/C20H29N5O2/c1-14(2)23-20(26)25-10-16-8-24(9-17(16)11-25)12-18(22)13-27-19-5-3-15(7-21)4-6-19/h3-6,14,16-18H,8-13,22H2,1-2H3,(H,23,26)/t16?,17?,18-/m0/s1. The molecule has 2 aliphatic rings. The van der Waals surface area contributed by atoms with E-state index in [-0.39, 0.29) is 18.1 Å². The van der Waals surface area contributed by atoms with Gasteiger partial charge in [-0.05, 0) is 49.9 Å². The first-order chi connectivity index (χ1) is 12.9. The summed E-state index contributed by atoms with van der Waals surface area (Å²) in [5.74, 6) is 1.80. The van der Waals surface area contributed by atoms with E-state index in [1.54, 1.807) is 24.3 Å². The first-order valence-electron chi connectivity index (χ1n) is 9.61. The molecule has 3 N–H and O–H groups in total. The Morgan fingerprint density at radius 1 is 1.26 bits per heavy atom. The number of fused-ring (bicyclic) bond motifs is 1. The zero-order valence-electron chi connectivity index (χ0n) is 16.1. The van der Waals surface area contributed by atoms with Crippen molar-refractivity contribution in [3.8, 4) is 11.8 Å². The summed E-state index contributed by atoms with van der Waals surface area (Å²) in [6, 6.07) is 9.31. The van der Waals surface area contributed by atoms with E-state index in [1.807, 2.05) is 18.7 Å². The molecule has 2 unspecified atom stereocenters. The number of benzene rings is 1. The molecule has 3 rings (SSSR count). The van der Waals surface area contributed by atoms with Gasteiger partial charge in [0.1, 0.15) is 12.4 Å². The average Bonchev–Trinajstić information content (AvgIpc) is 3.18. The number of hydrogen-bond acceptors (Lipinski definition) is 5. The van der Waals surface area contributed by atoms with Crippen molar-refractivity contribution in [2.75, 3.05) is 39.3 Å². The fraction of sp³-hybridized carbons (Fsp3) is 0.600. The Bertz CT molecular complexity index is 671. The number of rotatable bonds is 6. The summed E-state index contributed by atoms with van der Waals surface area (Å²) < 4.78 is 5.73. The number of nitrogens with zero attached hydrogens (tertiary/aromatic N) is 3. The highest BCUT2D eigenvalue weighted by Gasteiger charge is 2.41. The van der Waals surface area contributed by atoms with Crippen LogP contribution in [-0.2, 0) is 0 Å². The molecule has 2 saturated heterocycles. The Morgan fingerprint density at radius 3 is 2.44 bits per heavy atom. The number of hydrogen-bond donors (Lipinski definition) is 2. The lowest BCUT2D eigenvalue weighted by atomic mass is 10.0. The van der Waals surface area contributed by atoms with E-state index in [1.165, 1.54) is 0 Å². The summed E-state index contributed by atoms with van der Waals surface area (Å²) in [6.45, 7) is 8.84. The van der Waals surface area contributed by atoms with Crippen LogP contribution in [0.25, 0.3) is 0 Å². The molecular formula is C20H29N5O2. The molecule has 2 aliphatic heterocycles. The molecule has 1 aromatic carbocycles. The van der Waals surface area contributed by atoms with Gasteiger partial charge in [-0.25, -0.2) is 4.79 Å². The number of likely N-dealkylation sites (tertiary alicyclic amines) is 2. The average molecular weight is 371 g/mol. The van der Waals surface area contributed by atoms with Gasteiger partial charge in [0.2, 0.25) is 0 Å². The number of ether oxygens (including phenoxy) is 1. The quantitative estimate of drug-likeness (QED) is 0.785. The molecule has 27 heavy (non-hydrogen) atoms. The second-order valence-corrected chi connectivity index (χ2v) is 7.96. The highest BCUT2D eigenvalue weighted by Crippen LogP contribution is 2.31. The van der Waals surface area contributed by atoms with Crippen molar-refractivity contribution in [3.05, 3.63) is 29.8 Å². The number of carbonyl (C=O) groups excluding carboxylic acids is 1. The van der Waals surface area contributed by atoms with Crippen LogP contribution in [0.3, 0.4) is 0 Å². The summed E-state index contributed by atoms with van der Waals surface area (Å²) >= 11 is 0. The van der Waals surface area contributed by atoms with Gasteiger partial charge in [-0.2, -0.15) is 5.26 Å². The minimum Gasteiger partial charge on any atom is -0.492 e. The fourth-order valence-corrected chi connectivity index (χ4v) is 3.96. The third kappa shape index (κ3) is 5.12. The van der Waals surface area contributed by atoms with Gasteiger partial charge < -0.3 is 25.6 Å². The minimum absolute atomic E-state index is 0.0541. The lowest BCUT2D eigenvalue weighted by Crippen LogP contribution is -2.44. The summed E-state index contributed by atoms with van der Waals surface area (Å²) in [5, 5.41) is 11.8. The number of nitriles is 1. The van der Waals surface area contributed by atoms with Gasteiger partial charge in [-0.3, -0.25) is 0 Å². The Labute approximate surface area is 161 Å². The second kappa shape index (κ2) is 8.59. The second-order valence-electron chi connectivity index (χ2n) is 7.96. The largest absolute Gasteiger partial charge is 0.492 e. The van der Waals surface area contributed by atoms with Gasteiger partial charge >= 0.3 is 6.03 Å². The Balaban J connectivity index is 1.39. The van der Waals surface area contributed by atoms with Crippen molar-refractivity contribution in [1.29, 1.82) is 5.26 Å². The predicted molar refractivity (Wildman–Crippen MR) is 103 cm³/mol. The smallest absolute Gasteiger partial charge is 0.317 e. The topological polar surface area (TPSA) is 94.6 Å². The van der Waals surface area contributed by atoms with Crippen LogP contribution in [0.4, 0.5) is 4.79 Å².